The van der Waals surface area contributed by atoms with E-state index in [-0.39, 0.29) is 5.41 Å². The quantitative estimate of drug-likeness (QED) is 0.735. The molecule has 0 bridgehead atoms. The normalized spacial score (nSPS) is 22.1. The summed E-state index contributed by atoms with van der Waals surface area (Å²) in [5.74, 6) is 0.655. The number of hydrogen-bond acceptors (Lipinski definition) is 2. The minimum atomic E-state index is 0.0316. The molecule has 0 heterocycles. The minimum absolute atomic E-state index is 0.0316. The molecule has 1 unspecified atom stereocenters. The van der Waals surface area contributed by atoms with Crippen molar-refractivity contribution in [2.45, 2.75) is 47.0 Å². The maximum absolute atomic E-state index is 11.7. The Labute approximate surface area is 98.1 Å². The second kappa shape index (κ2) is 4.86. The lowest BCUT2D eigenvalue weighted by Crippen LogP contribution is -2.12. The summed E-state index contributed by atoms with van der Waals surface area (Å²) in [6.07, 6.45) is 5.49. The number of carbonyl (C=O) groups excluding carboxylic acids is 1. The van der Waals surface area contributed by atoms with Crippen LogP contribution in [0.1, 0.15) is 47.0 Å². The SMILES string of the molecule is CC1=C(CCC(C)C=CO)C(C)(C)CC1=O. The molecule has 0 aromatic rings. The molecule has 1 atom stereocenters. The molecule has 2 heteroatoms. The Morgan fingerprint density at radius 1 is 1.50 bits per heavy atom. The van der Waals surface area contributed by atoms with Gasteiger partial charge in [-0.3, -0.25) is 4.79 Å². The van der Waals surface area contributed by atoms with Crippen LogP contribution in [0.3, 0.4) is 0 Å². The molecule has 2 nitrogen and oxygen atoms in total. The lowest BCUT2D eigenvalue weighted by atomic mass is 9.82. The van der Waals surface area contributed by atoms with Crippen molar-refractivity contribution >= 4 is 5.78 Å². The van der Waals surface area contributed by atoms with E-state index in [1.54, 1.807) is 6.08 Å². The molecule has 0 aliphatic heterocycles. The summed E-state index contributed by atoms with van der Waals surface area (Å²) in [5.41, 5.74) is 2.30. The molecule has 1 N–H and O–H groups in total. The van der Waals surface area contributed by atoms with E-state index in [0.717, 1.165) is 24.7 Å². The van der Waals surface area contributed by atoms with E-state index < -0.39 is 0 Å². The van der Waals surface area contributed by atoms with Gasteiger partial charge in [0, 0.05) is 6.42 Å². The highest BCUT2D eigenvalue weighted by Crippen LogP contribution is 2.42. The molecule has 0 amide bonds. The first-order valence-corrected chi connectivity index (χ1v) is 5.93. The molecule has 1 aliphatic carbocycles. The van der Waals surface area contributed by atoms with Gasteiger partial charge in [0.1, 0.15) is 0 Å². The predicted molar refractivity (Wildman–Crippen MR) is 66.3 cm³/mol. The van der Waals surface area contributed by atoms with Crippen LogP contribution in [0.2, 0.25) is 0 Å². The van der Waals surface area contributed by atoms with Gasteiger partial charge in [-0.05, 0) is 42.7 Å². The van der Waals surface area contributed by atoms with Gasteiger partial charge in [0.05, 0.1) is 6.26 Å². The first-order chi connectivity index (χ1) is 7.38. The fraction of sp³-hybridized carbons (Fsp3) is 0.643. The fourth-order valence-corrected chi connectivity index (χ4v) is 2.46. The molecule has 0 aromatic carbocycles. The third-order valence-corrected chi connectivity index (χ3v) is 3.55. The number of carbonyl (C=O) groups is 1. The van der Waals surface area contributed by atoms with Crippen LogP contribution in [0.5, 0.6) is 0 Å². The van der Waals surface area contributed by atoms with Crippen LogP contribution in [-0.4, -0.2) is 10.9 Å². The van der Waals surface area contributed by atoms with Crippen LogP contribution in [0.4, 0.5) is 0 Å². The lowest BCUT2D eigenvalue weighted by molar-refractivity contribution is -0.115. The summed E-state index contributed by atoms with van der Waals surface area (Å²) in [5, 5.41) is 8.68. The van der Waals surface area contributed by atoms with Gasteiger partial charge in [0.15, 0.2) is 5.78 Å². The molecule has 90 valence electrons. The number of hydrogen-bond donors (Lipinski definition) is 1. The smallest absolute Gasteiger partial charge is 0.159 e. The van der Waals surface area contributed by atoms with E-state index >= 15 is 0 Å². The molecule has 0 saturated heterocycles. The summed E-state index contributed by atoms with van der Waals surface area (Å²) in [6, 6.07) is 0. The third-order valence-electron chi connectivity index (χ3n) is 3.55. The summed E-state index contributed by atoms with van der Waals surface area (Å²) < 4.78 is 0. The Bertz CT molecular complexity index is 335. The Kier molecular flexibility index (Phi) is 3.95. The van der Waals surface area contributed by atoms with E-state index in [9.17, 15) is 4.79 Å². The second-order valence-electron chi connectivity index (χ2n) is 5.44. The highest BCUT2D eigenvalue weighted by molar-refractivity contribution is 5.99. The zero-order chi connectivity index (χ0) is 12.3. The van der Waals surface area contributed by atoms with Crippen LogP contribution >= 0.6 is 0 Å². The number of aliphatic hydroxyl groups excluding tert-OH is 1. The minimum Gasteiger partial charge on any atom is -0.516 e. The van der Waals surface area contributed by atoms with Crippen molar-refractivity contribution in [3.8, 4) is 0 Å². The van der Waals surface area contributed by atoms with Crippen molar-refractivity contribution in [3.05, 3.63) is 23.5 Å². The topological polar surface area (TPSA) is 37.3 Å². The van der Waals surface area contributed by atoms with Crippen LogP contribution in [-0.2, 0) is 4.79 Å². The second-order valence-corrected chi connectivity index (χ2v) is 5.44. The van der Waals surface area contributed by atoms with Gasteiger partial charge in [-0.2, -0.15) is 0 Å². The van der Waals surface area contributed by atoms with Gasteiger partial charge in [0.25, 0.3) is 0 Å². The molecule has 1 aliphatic rings. The van der Waals surface area contributed by atoms with E-state index in [1.165, 1.54) is 5.57 Å². The number of rotatable bonds is 4. The summed E-state index contributed by atoms with van der Waals surface area (Å²) >= 11 is 0. The Morgan fingerprint density at radius 2 is 2.12 bits per heavy atom. The Hall–Kier alpha value is -1.05. The molecule has 0 saturated carbocycles. The van der Waals surface area contributed by atoms with Crippen molar-refractivity contribution in [3.63, 3.8) is 0 Å². The zero-order valence-electron chi connectivity index (χ0n) is 10.7. The van der Waals surface area contributed by atoms with Gasteiger partial charge in [0.2, 0.25) is 0 Å². The fourth-order valence-electron chi connectivity index (χ4n) is 2.46. The highest BCUT2D eigenvalue weighted by Gasteiger charge is 2.35. The van der Waals surface area contributed by atoms with Crippen molar-refractivity contribution in [1.82, 2.24) is 0 Å². The molecule has 0 radical (unpaired) electrons. The zero-order valence-corrected chi connectivity index (χ0v) is 10.7. The highest BCUT2D eigenvalue weighted by atomic mass is 16.2. The summed E-state index contributed by atoms with van der Waals surface area (Å²) in [7, 11) is 0. The van der Waals surface area contributed by atoms with E-state index in [4.69, 9.17) is 5.11 Å². The average molecular weight is 222 g/mol. The van der Waals surface area contributed by atoms with Gasteiger partial charge < -0.3 is 5.11 Å². The molecule has 0 aromatic heterocycles. The third kappa shape index (κ3) is 2.75. The van der Waals surface area contributed by atoms with Gasteiger partial charge >= 0.3 is 0 Å². The maximum atomic E-state index is 11.7. The largest absolute Gasteiger partial charge is 0.516 e. The predicted octanol–water partition coefficient (Wildman–Crippen LogP) is 3.79. The standard InChI is InChI=1S/C14H22O2/c1-10(7-8-15)5-6-12-11(2)13(16)9-14(12,3)4/h7-8,10,15H,5-6,9H2,1-4H3. The van der Waals surface area contributed by atoms with Gasteiger partial charge in [-0.1, -0.05) is 26.3 Å². The summed E-state index contributed by atoms with van der Waals surface area (Å²) in [6.45, 7) is 8.30. The lowest BCUT2D eigenvalue weighted by Gasteiger charge is -2.22. The van der Waals surface area contributed by atoms with E-state index in [0.29, 0.717) is 18.1 Å². The summed E-state index contributed by atoms with van der Waals surface area (Å²) in [4.78, 5) is 11.7. The van der Waals surface area contributed by atoms with E-state index in [1.807, 2.05) is 6.92 Å². The van der Waals surface area contributed by atoms with Crippen molar-refractivity contribution in [2.75, 3.05) is 0 Å². The molecule has 1 rings (SSSR count). The van der Waals surface area contributed by atoms with Gasteiger partial charge in [-0.25, -0.2) is 0 Å². The first-order valence-electron chi connectivity index (χ1n) is 5.93. The maximum Gasteiger partial charge on any atom is 0.159 e. The van der Waals surface area contributed by atoms with Crippen LogP contribution in [0.25, 0.3) is 0 Å². The van der Waals surface area contributed by atoms with Crippen LogP contribution < -0.4 is 0 Å². The number of ketones is 1. The Balaban J connectivity index is 2.69. The van der Waals surface area contributed by atoms with E-state index in [2.05, 4.69) is 20.8 Å². The number of Topliss-reactive ketones (excluding diaryl/α,β-unsaturated/α-hetero) is 1. The molecule has 0 fully saturated rings. The first kappa shape index (κ1) is 13.0. The van der Waals surface area contributed by atoms with Gasteiger partial charge in [-0.15, -0.1) is 0 Å². The van der Waals surface area contributed by atoms with Crippen molar-refractivity contribution < 1.29 is 9.90 Å². The molecular formula is C14H22O2. The van der Waals surface area contributed by atoms with Crippen molar-refractivity contribution in [1.29, 1.82) is 0 Å². The molecular weight excluding hydrogens is 200 g/mol. The van der Waals surface area contributed by atoms with Crippen molar-refractivity contribution in [2.24, 2.45) is 11.3 Å². The molecule has 16 heavy (non-hydrogen) atoms. The number of aliphatic hydroxyl groups is 1. The number of allylic oxidation sites excluding steroid dienone is 3. The molecule has 0 spiro atoms. The van der Waals surface area contributed by atoms with Crippen LogP contribution in [0, 0.1) is 11.3 Å². The average Bonchev–Trinajstić information content (AvgIpc) is 2.34. The Morgan fingerprint density at radius 3 is 2.56 bits per heavy atom. The van der Waals surface area contributed by atoms with Crippen LogP contribution in [0.15, 0.2) is 23.5 Å². The monoisotopic (exact) mass is 222 g/mol.